The molecule has 3 heterocycles. The molecule has 5 nitrogen and oxygen atoms in total. The summed E-state index contributed by atoms with van der Waals surface area (Å²) in [7, 11) is 0. The minimum Gasteiger partial charge on any atom is -0.306 e. The molecule has 1 aliphatic rings. The fraction of sp³-hybridized carbons (Fsp3) is 0.150. The quantitative estimate of drug-likeness (QED) is 0.498. The van der Waals surface area contributed by atoms with Gasteiger partial charge in [0.05, 0.1) is 27.4 Å². The van der Waals surface area contributed by atoms with Crippen LogP contribution in [0.15, 0.2) is 52.3 Å². The van der Waals surface area contributed by atoms with Crippen molar-refractivity contribution in [1.82, 2.24) is 14.5 Å². The van der Waals surface area contributed by atoms with Crippen LogP contribution in [0.2, 0.25) is 10.0 Å². The van der Waals surface area contributed by atoms with Crippen molar-refractivity contribution in [3.8, 4) is 16.1 Å². The van der Waals surface area contributed by atoms with Crippen LogP contribution < -0.4 is 11.2 Å². The molecule has 3 aromatic heterocycles. The molecular weight excluding hydrogens is 417 g/mol. The Labute approximate surface area is 173 Å². The monoisotopic (exact) mass is 429 g/mol. The van der Waals surface area contributed by atoms with Crippen molar-refractivity contribution in [2.45, 2.75) is 18.8 Å². The van der Waals surface area contributed by atoms with Gasteiger partial charge in [-0.1, -0.05) is 29.3 Å². The molecule has 28 heavy (non-hydrogen) atoms. The number of nitrogens with zero attached hydrogens (tertiary/aromatic N) is 2. The van der Waals surface area contributed by atoms with Gasteiger partial charge in [-0.15, -0.1) is 11.3 Å². The van der Waals surface area contributed by atoms with Gasteiger partial charge in [0.25, 0.3) is 5.56 Å². The second-order valence-corrected chi connectivity index (χ2v) is 8.64. The van der Waals surface area contributed by atoms with Crippen LogP contribution in [0.4, 0.5) is 0 Å². The molecule has 1 aromatic carbocycles. The summed E-state index contributed by atoms with van der Waals surface area (Å²) in [5, 5.41) is 0.978. The smallest absolute Gasteiger partial charge is 0.306 e. The van der Waals surface area contributed by atoms with Gasteiger partial charge in [0.1, 0.15) is 4.70 Å². The van der Waals surface area contributed by atoms with Crippen LogP contribution in [0.3, 0.4) is 0 Å². The zero-order chi connectivity index (χ0) is 19.4. The van der Waals surface area contributed by atoms with Crippen LogP contribution in [-0.4, -0.2) is 14.5 Å². The normalized spacial score (nSPS) is 13.9. The number of pyridine rings is 1. The summed E-state index contributed by atoms with van der Waals surface area (Å²) >= 11 is 13.9. The number of aromatic nitrogens is 3. The summed E-state index contributed by atoms with van der Waals surface area (Å²) in [6.07, 6.45) is 5.56. The third kappa shape index (κ3) is 2.89. The van der Waals surface area contributed by atoms with E-state index in [-0.39, 0.29) is 5.56 Å². The van der Waals surface area contributed by atoms with Gasteiger partial charge in [-0.2, -0.15) is 0 Å². The maximum absolute atomic E-state index is 13.1. The predicted molar refractivity (Wildman–Crippen MR) is 113 cm³/mol. The van der Waals surface area contributed by atoms with Crippen molar-refractivity contribution in [1.29, 1.82) is 0 Å². The molecule has 1 fully saturated rings. The molecule has 1 aliphatic carbocycles. The number of thiophene rings is 1. The van der Waals surface area contributed by atoms with Crippen LogP contribution in [0.25, 0.3) is 26.3 Å². The summed E-state index contributed by atoms with van der Waals surface area (Å²) in [6.45, 7) is 0. The number of halogens is 2. The topological polar surface area (TPSA) is 67.8 Å². The number of fused-ring (bicyclic) bond motifs is 1. The summed E-state index contributed by atoms with van der Waals surface area (Å²) in [4.78, 5) is 33.5. The first kappa shape index (κ1) is 17.7. The van der Waals surface area contributed by atoms with Crippen LogP contribution in [0.1, 0.15) is 24.3 Å². The van der Waals surface area contributed by atoms with E-state index >= 15 is 0 Å². The SMILES string of the molecule is O=c1[nH]c2cc(-c3c(Cl)cccc3Cl)sc2c(=O)n1-c1cncc(C2CC2)c1. The Morgan fingerprint density at radius 2 is 1.86 bits per heavy atom. The standard InChI is InChI=1S/C20H13Cl2N3O2S/c21-13-2-1-3-14(22)17(13)16-7-15-18(28-16)19(26)25(20(27)24-15)12-6-11(8-23-9-12)10-4-5-10/h1-3,6-10H,4-5H2,(H,24,27). The Balaban J connectivity index is 1.72. The largest absolute Gasteiger partial charge is 0.333 e. The van der Waals surface area contributed by atoms with E-state index in [4.69, 9.17) is 23.2 Å². The second-order valence-electron chi connectivity index (χ2n) is 6.77. The Morgan fingerprint density at radius 3 is 2.57 bits per heavy atom. The van der Waals surface area contributed by atoms with E-state index in [1.54, 1.807) is 30.5 Å². The van der Waals surface area contributed by atoms with Crippen molar-refractivity contribution < 1.29 is 0 Å². The molecule has 4 aromatic rings. The minimum atomic E-state index is -0.498. The van der Waals surface area contributed by atoms with E-state index in [1.165, 1.54) is 17.5 Å². The van der Waals surface area contributed by atoms with E-state index in [9.17, 15) is 9.59 Å². The van der Waals surface area contributed by atoms with E-state index in [1.807, 2.05) is 6.07 Å². The molecular formula is C20H13Cl2N3O2S. The van der Waals surface area contributed by atoms with Gasteiger partial charge in [0, 0.05) is 16.6 Å². The number of hydrogen-bond acceptors (Lipinski definition) is 4. The number of benzene rings is 1. The van der Waals surface area contributed by atoms with Crippen molar-refractivity contribution in [3.05, 3.63) is 79.2 Å². The Morgan fingerprint density at radius 1 is 1.11 bits per heavy atom. The highest BCUT2D eigenvalue weighted by atomic mass is 35.5. The summed E-state index contributed by atoms with van der Waals surface area (Å²) in [5.74, 6) is 0.474. The molecule has 0 bridgehead atoms. The number of nitrogens with one attached hydrogen (secondary N) is 1. The first-order chi connectivity index (χ1) is 13.5. The number of rotatable bonds is 3. The third-order valence-electron chi connectivity index (χ3n) is 4.84. The van der Waals surface area contributed by atoms with Crippen LogP contribution >= 0.6 is 34.5 Å². The number of H-pyrrole nitrogens is 1. The van der Waals surface area contributed by atoms with E-state index in [0.717, 1.165) is 27.8 Å². The average Bonchev–Trinajstić information content (AvgIpc) is 3.43. The lowest BCUT2D eigenvalue weighted by Gasteiger charge is -2.06. The van der Waals surface area contributed by atoms with Gasteiger partial charge in [-0.05, 0) is 48.6 Å². The van der Waals surface area contributed by atoms with Crippen LogP contribution in [0.5, 0.6) is 0 Å². The zero-order valence-electron chi connectivity index (χ0n) is 14.4. The lowest BCUT2D eigenvalue weighted by atomic mass is 10.2. The van der Waals surface area contributed by atoms with Crippen LogP contribution in [0, 0.1) is 0 Å². The highest BCUT2D eigenvalue weighted by Gasteiger charge is 2.24. The lowest BCUT2D eigenvalue weighted by molar-refractivity contribution is 0.891. The van der Waals surface area contributed by atoms with Gasteiger partial charge < -0.3 is 4.98 Å². The van der Waals surface area contributed by atoms with Gasteiger partial charge in [0.2, 0.25) is 0 Å². The molecule has 0 spiro atoms. The summed E-state index contributed by atoms with van der Waals surface area (Å²) in [6, 6.07) is 8.84. The summed E-state index contributed by atoms with van der Waals surface area (Å²) in [5.41, 5.74) is 1.77. The van der Waals surface area contributed by atoms with Crippen molar-refractivity contribution in [3.63, 3.8) is 0 Å². The van der Waals surface area contributed by atoms with Gasteiger partial charge >= 0.3 is 5.69 Å². The van der Waals surface area contributed by atoms with Crippen molar-refractivity contribution in [2.75, 3.05) is 0 Å². The molecule has 1 N–H and O–H groups in total. The lowest BCUT2D eigenvalue weighted by Crippen LogP contribution is -2.33. The Hall–Kier alpha value is -2.41. The molecule has 0 radical (unpaired) electrons. The van der Waals surface area contributed by atoms with Crippen LogP contribution in [-0.2, 0) is 0 Å². The maximum atomic E-state index is 13.1. The Kier molecular flexibility index (Phi) is 4.16. The predicted octanol–water partition coefficient (Wildman–Crippen LogP) is 4.99. The molecule has 0 saturated heterocycles. The fourth-order valence-electron chi connectivity index (χ4n) is 3.31. The van der Waals surface area contributed by atoms with Crippen molar-refractivity contribution >= 4 is 44.8 Å². The molecule has 8 heteroatoms. The summed E-state index contributed by atoms with van der Waals surface area (Å²) < 4.78 is 1.57. The average molecular weight is 430 g/mol. The zero-order valence-corrected chi connectivity index (χ0v) is 16.7. The molecule has 0 atom stereocenters. The third-order valence-corrected chi connectivity index (χ3v) is 6.61. The number of aromatic amines is 1. The maximum Gasteiger partial charge on any atom is 0.333 e. The molecule has 140 valence electrons. The Bertz CT molecular complexity index is 1330. The van der Waals surface area contributed by atoms with Gasteiger partial charge in [-0.3, -0.25) is 9.78 Å². The highest BCUT2D eigenvalue weighted by molar-refractivity contribution is 7.22. The second kappa shape index (κ2) is 6.58. The molecule has 0 aliphatic heterocycles. The molecule has 5 rings (SSSR count). The minimum absolute atomic E-state index is 0.382. The van der Waals surface area contributed by atoms with Crippen molar-refractivity contribution in [2.24, 2.45) is 0 Å². The van der Waals surface area contributed by atoms with E-state index in [0.29, 0.717) is 37.4 Å². The molecule has 1 saturated carbocycles. The number of hydrogen-bond donors (Lipinski definition) is 1. The van der Waals surface area contributed by atoms with E-state index < -0.39 is 5.69 Å². The molecule has 0 unspecified atom stereocenters. The van der Waals surface area contributed by atoms with Gasteiger partial charge in [-0.25, -0.2) is 9.36 Å². The first-order valence-corrected chi connectivity index (χ1v) is 10.3. The molecule has 0 amide bonds. The van der Waals surface area contributed by atoms with E-state index in [2.05, 4.69) is 9.97 Å². The first-order valence-electron chi connectivity index (χ1n) is 8.71. The van der Waals surface area contributed by atoms with Gasteiger partial charge in [0.15, 0.2) is 0 Å². The highest BCUT2D eigenvalue weighted by Crippen LogP contribution is 2.41. The fourth-order valence-corrected chi connectivity index (χ4v) is 5.14.